The van der Waals surface area contributed by atoms with Gasteiger partial charge in [0.2, 0.25) is 0 Å². The minimum absolute atomic E-state index is 0.322. The largest absolute Gasteiger partial charge is 0.472 e. The van der Waals surface area contributed by atoms with Gasteiger partial charge in [0.1, 0.15) is 0 Å². The zero-order valence-corrected chi connectivity index (χ0v) is 11.1. The fourth-order valence-electron chi connectivity index (χ4n) is 1.81. The van der Waals surface area contributed by atoms with Crippen LogP contribution in [0.2, 0.25) is 0 Å². The van der Waals surface area contributed by atoms with Gasteiger partial charge in [0.05, 0.1) is 18.2 Å². The molecule has 0 aliphatic carbocycles. The smallest absolute Gasteiger partial charge is 0.319 e. The van der Waals surface area contributed by atoms with E-state index in [1.807, 2.05) is 0 Å². The van der Waals surface area contributed by atoms with Gasteiger partial charge in [-0.05, 0) is 24.3 Å². The molecule has 0 fully saturated rings. The standard InChI is InChI=1S/C14H13N5O2/c20-14(16-9-11-4-8-21-10-11)18-12-3-1-5-15-13(12)19-7-2-6-17-19/h1-8,10H,9H2,(H2,16,18,20). The molecule has 0 spiro atoms. The van der Waals surface area contributed by atoms with E-state index in [1.54, 1.807) is 60.1 Å². The maximum Gasteiger partial charge on any atom is 0.319 e. The third-order valence-electron chi connectivity index (χ3n) is 2.79. The van der Waals surface area contributed by atoms with Gasteiger partial charge < -0.3 is 15.1 Å². The highest BCUT2D eigenvalue weighted by Gasteiger charge is 2.09. The molecule has 0 aromatic carbocycles. The van der Waals surface area contributed by atoms with Crippen LogP contribution in [0.3, 0.4) is 0 Å². The van der Waals surface area contributed by atoms with Crippen molar-refractivity contribution in [1.29, 1.82) is 0 Å². The van der Waals surface area contributed by atoms with E-state index in [9.17, 15) is 4.79 Å². The number of aromatic nitrogens is 3. The Balaban J connectivity index is 1.69. The predicted octanol–water partition coefficient (Wildman–Crippen LogP) is 2.18. The summed E-state index contributed by atoms with van der Waals surface area (Å²) in [7, 11) is 0. The molecule has 0 radical (unpaired) electrons. The molecule has 0 aliphatic rings. The Morgan fingerprint density at radius 1 is 1.29 bits per heavy atom. The molecule has 0 saturated heterocycles. The van der Waals surface area contributed by atoms with Crippen LogP contribution < -0.4 is 10.6 Å². The highest BCUT2D eigenvalue weighted by molar-refractivity contribution is 5.90. The molecule has 0 unspecified atom stereocenters. The average molecular weight is 283 g/mol. The molecule has 2 amide bonds. The van der Waals surface area contributed by atoms with Crippen LogP contribution in [0.25, 0.3) is 5.82 Å². The third kappa shape index (κ3) is 3.08. The van der Waals surface area contributed by atoms with Gasteiger partial charge in [-0.1, -0.05) is 0 Å². The van der Waals surface area contributed by atoms with E-state index in [0.29, 0.717) is 18.1 Å². The number of anilines is 1. The monoisotopic (exact) mass is 283 g/mol. The maximum atomic E-state index is 11.9. The van der Waals surface area contributed by atoms with Crippen LogP contribution in [0.4, 0.5) is 10.5 Å². The molecular weight excluding hydrogens is 270 g/mol. The molecule has 0 atom stereocenters. The van der Waals surface area contributed by atoms with Gasteiger partial charge in [-0.3, -0.25) is 0 Å². The van der Waals surface area contributed by atoms with E-state index in [0.717, 1.165) is 5.56 Å². The first-order valence-electron chi connectivity index (χ1n) is 6.34. The Morgan fingerprint density at radius 3 is 3.00 bits per heavy atom. The SMILES string of the molecule is O=C(NCc1ccoc1)Nc1cccnc1-n1cccn1. The molecule has 7 heteroatoms. The van der Waals surface area contributed by atoms with Gasteiger partial charge in [-0.25, -0.2) is 14.5 Å². The van der Waals surface area contributed by atoms with E-state index in [-0.39, 0.29) is 6.03 Å². The van der Waals surface area contributed by atoms with Gasteiger partial charge in [-0.15, -0.1) is 0 Å². The van der Waals surface area contributed by atoms with Crippen molar-refractivity contribution >= 4 is 11.7 Å². The Morgan fingerprint density at radius 2 is 2.24 bits per heavy atom. The molecule has 3 aromatic heterocycles. The fourth-order valence-corrected chi connectivity index (χ4v) is 1.81. The van der Waals surface area contributed by atoms with Crippen LogP contribution in [0.1, 0.15) is 5.56 Å². The zero-order chi connectivity index (χ0) is 14.5. The summed E-state index contributed by atoms with van der Waals surface area (Å²) in [4.78, 5) is 16.1. The number of carbonyl (C=O) groups excluding carboxylic acids is 1. The van der Waals surface area contributed by atoms with E-state index < -0.39 is 0 Å². The molecule has 21 heavy (non-hydrogen) atoms. The van der Waals surface area contributed by atoms with E-state index >= 15 is 0 Å². The highest BCUT2D eigenvalue weighted by Crippen LogP contribution is 2.15. The molecular formula is C14H13N5O2. The number of carbonyl (C=O) groups is 1. The molecule has 2 N–H and O–H groups in total. The molecule has 3 rings (SSSR count). The van der Waals surface area contributed by atoms with Gasteiger partial charge in [0, 0.05) is 30.7 Å². The van der Waals surface area contributed by atoms with Crippen molar-refractivity contribution in [2.45, 2.75) is 6.54 Å². The van der Waals surface area contributed by atoms with Gasteiger partial charge in [0.15, 0.2) is 5.82 Å². The first-order chi connectivity index (χ1) is 10.3. The number of urea groups is 1. The van der Waals surface area contributed by atoms with Gasteiger partial charge in [-0.2, -0.15) is 5.10 Å². The number of nitrogens with zero attached hydrogens (tertiary/aromatic N) is 3. The summed E-state index contributed by atoms with van der Waals surface area (Å²) in [5.41, 5.74) is 1.47. The number of amides is 2. The highest BCUT2D eigenvalue weighted by atomic mass is 16.3. The molecule has 0 aliphatic heterocycles. The lowest BCUT2D eigenvalue weighted by atomic mass is 10.3. The van der Waals surface area contributed by atoms with Crippen molar-refractivity contribution in [3.8, 4) is 5.82 Å². The van der Waals surface area contributed by atoms with E-state index in [1.165, 1.54) is 0 Å². The lowest BCUT2D eigenvalue weighted by Gasteiger charge is -2.10. The first-order valence-corrected chi connectivity index (χ1v) is 6.34. The summed E-state index contributed by atoms with van der Waals surface area (Å²) in [6.07, 6.45) is 8.20. The summed E-state index contributed by atoms with van der Waals surface area (Å²) in [5, 5.41) is 9.61. The Kier molecular flexibility index (Phi) is 3.64. The number of rotatable bonds is 4. The second-order valence-corrected chi connectivity index (χ2v) is 4.26. The number of hydrogen-bond donors (Lipinski definition) is 2. The van der Waals surface area contributed by atoms with Crippen molar-refractivity contribution in [3.05, 3.63) is 60.9 Å². The molecule has 106 valence electrons. The van der Waals surface area contributed by atoms with Crippen LogP contribution in [0.5, 0.6) is 0 Å². The van der Waals surface area contributed by atoms with Crippen molar-refractivity contribution in [3.63, 3.8) is 0 Å². The predicted molar refractivity (Wildman–Crippen MR) is 75.9 cm³/mol. The second kappa shape index (κ2) is 5.91. The van der Waals surface area contributed by atoms with Crippen LogP contribution >= 0.6 is 0 Å². The Bertz CT molecular complexity index is 707. The third-order valence-corrected chi connectivity index (χ3v) is 2.79. The summed E-state index contributed by atoms with van der Waals surface area (Å²) in [6.45, 7) is 0.389. The fraction of sp³-hybridized carbons (Fsp3) is 0.0714. The lowest BCUT2D eigenvalue weighted by molar-refractivity contribution is 0.251. The van der Waals surface area contributed by atoms with Gasteiger partial charge >= 0.3 is 6.03 Å². The van der Waals surface area contributed by atoms with Crippen molar-refractivity contribution < 1.29 is 9.21 Å². The van der Waals surface area contributed by atoms with Crippen molar-refractivity contribution in [1.82, 2.24) is 20.1 Å². The zero-order valence-electron chi connectivity index (χ0n) is 11.1. The topological polar surface area (TPSA) is 85.0 Å². The number of furan rings is 1. The first kappa shape index (κ1) is 12.9. The number of nitrogens with one attached hydrogen (secondary N) is 2. The number of hydrogen-bond acceptors (Lipinski definition) is 4. The maximum absolute atomic E-state index is 11.9. The minimum Gasteiger partial charge on any atom is -0.472 e. The van der Waals surface area contributed by atoms with E-state index in [4.69, 9.17) is 4.42 Å². The second-order valence-electron chi connectivity index (χ2n) is 4.26. The molecule has 0 bridgehead atoms. The van der Waals surface area contributed by atoms with Crippen LogP contribution in [-0.4, -0.2) is 20.8 Å². The molecule has 7 nitrogen and oxygen atoms in total. The number of pyridine rings is 1. The minimum atomic E-state index is -0.322. The van der Waals surface area contributed by atoms with E-state index in [2.05, 4.69) is 20.7 Å². The molecule has 3 aromatic rings. The normalized spacial score (nSPS) is 10.3. The summed E-state index contributed by atoms with van der Waals surface area (Å²) in [5.74, 6) is 0.556. The van der Waals surface area contributed by atoms with Crippen molar-refractivity contribution in [2.75, 3.05) is 5.32 Å². The molecule has 0 saturated carbocycles. The average Bonchev–Trinajstić information content (AvgIpc) is 3.19. The van der Waals surface area contributed by atoms with Crippen molar-refractivity contribution in [2.24, 2.45) is 0 Å². The Hall–Kier alpha value is -3.09. The van der Waals surface area contributed by atoms with Gasteiger partial charge in [0.25, 0.3) is 0 Å². The summed E-state index contributed by atoms with van der Waals surface area (Å²) < 4.78 is 6.53. The van der Waals surface area contributed by atoms with Crippen LogP contribution in [-0.2, 0) is 6.54 Å². The summed E-state index contributed by atoms with van der Waals surface area (Å²) >= 11 is 0. The lowest BCUT2D eigenvalue weighted by Crippen LogP contribution is -2.28. The van der Waals surface area contributed by atoms with Crippen LogP contribution in [0.15, 0.2) is 59.8 Å². The quantitative estimate of drug-likeness (QED) is 0.768. The van der Waals surface area contributed by atoms with Crippen LogP contribution in [0, 0.1) is 0 Å². The summed E-state index contributed by atoms with van der Waals surface area (Å²) in [6, 6.07) is 6.77. The Labute approximate surface area is 120 Å². The molecule has 3 heterocycles.